The van der Waals surface area contributed by atoms with E-state index in [1.807, 2.05) is 0 Å². The summed E-state index contributed by atoms with van der Waals surface area (Å²) in [7, 11) is 0. The smallest absolute Gasteiger partial charge is 0.337 e. The van der Waals surface area contributed by atoms with E-state index in [2.05, 4.69) is 10.3 Å². The molecule has 1 amide bonds. The maximum absolute atomic E-state index is 13.6. The minimum atomic E-state index is -1.24. The van der Waals surface area contributed by atoms with Crippen molar-refractivity contribution in [2.24, 2.45) is 0 Å². The molecular formula is C16H12FN3O4S. The zero-order valence-electron chi connectivity index (χ0n) is 12.9. The summed E-state index contributed by atoms with van der Waals surface area (Å²) in [4.78, 5) is 40.5. The highest BCUT2D eigenvalue weighted by molar-refractivity contribution is 7.17. The molecule has 0 fully saturated rings. The molecule has 0 unspecified atom stereocenters. The van der Waals surface area contributed by atoms with E-state index in [-0.39, 0.29) is 22.5 Å². The second-order valence-electron chi connectivity index (χ2n) is 5.21. The summed E-state index contributed by atoms with van der Waals surface area (Å²) in [5.74, 6) is -2.20. The van der Waals surface area contributed by atoms with E-state index in [1.165, 1.54) is 30.5 Å². The first-order valence-corrected chi connectivity index (χ1v) is 8.02. The molecule has 7 nitrogen and oxygen atoms in total. The first-order valence-electron chi connectivity index (χ1n) is 7.15. The maximum Gasteiger partial charge on any atom is 0.337 e. The van der Waals surface area contributed by atoms with Crippen LogP contribution in [0.4, 0.5) is 10.1 Å². The minimum Gasteiger partial charge on any atom is -0.478 e. The minimum absolute atomic E-state index is 0.00556. The SMILES string of the molecule is Cc1nc2scc(C(=O)O)c2c(=O)n1CC(=O)Nc1ccccc1F. The van der Waals surface area contributed by atoms with E-state index in [4.69, 9.17) is 0 Å². The first kappa shape index (κ1) is 16.8. The van der Waals surface area contributed by atoms with Crippen LogP contribution in [0.2, 0.25) is 0 Å². The van der Waals surface area contributed by atoms with Crippen LogP contribution < -0.4 is 10.9 Å². The second-order valence-corrected chi connectivity index (χ2v) is 6.07. The highest BCUT2D eigenvalue weighted by Gasteiger charge is 2.19. The zero-order valence-corrected chi connectivity index (χ0v) is 13.8. The number of rotatable bonds is 4. The quantitative estimate of drug-likeness (QED) is 0.742. The van der Waals surface area contributed by atoms with Gasteiger partial charge in [-0.25, -0.2) is 14.2 Å². The standard InChI is InChI=1S/C16H12FN3O4S/c1-8-18-14-13(9(7-25-14)16(23)24)15(22)20(8)6-12(21)19-11-5-3-2-4-10(11)17/h2-5,7H,6H2,1H3,(H,19,21)(H,23,24). The molecule has 0 atom stereocenters. The van der Waals surface area contributed by atoms with Gasteiger partial charge in [0.1, 0.15) is 23.0 Å². The summed E-state index contributed by atoms with van der Waals surface area (Å²) < 4.78 is 14.7. The Morgan fingerprint density at radius 1 is 1.36 bits per heavy atom. The third-order valence-electron chi connectivity index (χ3n) is 3.56. The monoisotopic (exact) mass is 361 g/mol. The maximum atomic E-state index is 13.6. The van der Waals surface area contributed by atoms with Gasteiger partial charge in [-0.1, -0.05) is 12.1 Å². The Morgan fingerprint density at radius 3 is 2.76 bits per heavy atom. The van der Waals surface area contributed by atoms with Crippen LogP contribution in [-0.4, -0.2) is 26.5 Å². The number of benzene rings is 1. The highest BCUT2D eigenvalue weighted by Crippen LogP contribution is 2.21. The van der Waals surface area contributed by atoms with Crippen molar-refractivity contribution in [3.63, 3.8) is 0 Å². The predicted octanol–water partition coefficient (Wildman–Crippen LogP) is 2.24. The van der Waals surface area contributed by atoms with Gasteiger partial charge in [-0.05, 0) is 19.1 Å². The number of carboxylic acid groups (broad SMARTS) is 1. The molecule has 9 heteroatoms. The van der Waals surface area contributed by atoms with Crippen molar-refractivity contribution < 1.29 is 19.1 Å². The molecule has 128 valence electrons. The number of para-hydroxylation sites is 1. The lowest BCUT2D eigenvalue weighted by Crippen LogP contribution is -2.30. The largest absolute Gasteiger partial charge is 0.478 e. The van der Waals surface area contributed by atoms with E-state index in [1.54, 1.807) is 6.07 Å². The summed E-state index contributed by atoms with van der Waals surface area (Å²) in [6.45, 7) is 1.13. The van der Waals surface area contributed by atoms with Crippen LogP contribution in [0.15, 0.2) is 34.4 Å². The summed E-state index contributed by atoms with van der Waals surface area (Å²) in [5, 5.41) is 12.8. The third kappa shape index (κ3) is 3.13. The lowest BCUT2D eigenvalue weighted by Gasteiger charge is -2.10. The molecule has 3 aromatic rings. The molecule has 0 aliphatic rings. The number of fused-ring (bicyclic) bond motifs is 1. The fraction of sp³-hybridized carbons (Fsp3) is 0.125. The average molecular weight is 361 g/mol. The normalized spacial score (nSPS) is 10.8. The number of amides is 1. The first-order chi connectivity index (χ1) is 11.9. The number of carbonyl (C=O) groups is 2. The molecule has 0 bridgehead atoms. The molecule has 0 saturated carbocycles. The second kappa shape index (κ2) is 6.44. The van der Waals surface area contributed by atoms with Crippen molar-refractivity contribution in [1.82, 2.24) is 9.55 Å². The molecule has 0 aliphatic heterocycles. The van der Waals surface area contributed by atoms with Crippen molar-refractivity contribution in [3.8, 4) is 0 Å². The van der Waals surface area contributed by atoms with E-state index in [0.29, 0.717) is 4.83 Å². The Kier molecular flexibility index (Phi) is 4.32. The number of nitrogens with zero attached hydrogens (tertiary/aromatic N) is 2. The number of aromatic nitrogens is 2. The Hall–Kier alpha value is -3.07. The van der Waals surface area contributed by atoms with Gasteiger partial charge in [0.05, 0.1) is 16.6 Å². The molecule has 2 N–H and O–H groups in total. The number of hydrogen-bond donors (Lipinski definition) is 2. The van der Waals surface area contributed by atoms with Gasteiger partial charge in [-0.3, -0.25) is 14.2 Å². The third-order valence-corrected chi connectivity index (χ3v) is 4.44. The van der Waals surface area contributed by atoms with Crippen molar-refractivity contribution in [3.05, 3.63) is 57.2 Å². The number of thiophene rings is 1. The van der Waals surface area contributed by atoms with Gasteiger partial charge in [0.15, 0.2) is 0 Å². The van der Waals surface area contributed by atoms with E-state index in [9.17, 15) is 23.9 Å². The molecule has 2 aromatic heterocycles. The number of aryl methyl sites for hydroxylation is 1. The molecule has 25 heavy (non-hydrogen) atoms. The predicted molar refractivity (Wildman–Crippen MR) is 90.6 cm³/mol. The van der Waals surface area contributed by atoms with Crippen molar-refractivity contribution in [2.45, 2.75) is 13.5 Å². The van der Waals surface area contributed by atoms with Crippen LogP contribution in [0, 0.1) is 12.7 Å². The van der Waals surface area contributed by atoms with Crippen LogP contribution in [0.3, 0.4) is 0 Å². The van der Waals surface area contributed by atoms with Crippen LogP contribution in [0.5, 0.6) is 0 Å². The number of hydrogen-bond acceptors (Lipinski definition) is 5. The Labute approximate surface area is 144 Å². The highest BCUT2D eigenvalue weighted by atomic mass is 32.1. The van der Waals surface area contributed by atoms with Gasteiger partial charge >= 0.3 is 5.97 Å². The number of anilines is 1. The summed E-state index contributed by atoms with van der Waals surface area (Å²) in [5.41, 5.74) is -0.778. The molecule has 0 aliphatic carbocycles. The van der Waals surface area contributed by atoms with Crippen LogP contribution in [0.25, 0.3) is 10.2 Å². The molecule has 0 saturated heterocycles. The lowest BCUT2D eigenvalue weighted by atomic mass is 10.2. The fourth-order valence-electron chi connectivity index (χ4n) is 2.37. The fourth-order valence-corrected chi connectivity index (χ4v) is 3.31. The van der Waals surface area contributed by atoms with Crippen molar-refractivity contribution >= 4 is 39.1 Å². The van der Waals surface area contributed by atoms with Crippen LogP contribution >= 0.6 is 11.3 Å². The van der Waals surface area contributed by atoms with Gasteiger partial charge in [-0.2, -0.15) is 0 Å². The lowest BCUT2D eigenvalue weighted by molar-refractivity contribution is -0.116. The molecule has 0 radical (unpaired) electrons. The van der Waals surface area contributed by atoms with Gasteiger partial charge in [-0.15, -0.1) is 11.3 Å². The molecule has 1 aromatic carbocycles. The van der Waals surface area contributed by atoms with E-state index >= 15 is 0 Å². The zero-order chi connectivity index (χ0) is 18.1. The topological polar surface area (TPSA) is 101 Å². The molecular weight excluding hydrogens is 349 g/mol. The van der Waals surface area contributed by atoms with Crippen LogP contribution in [-0.2, 0) is 11.3 Å². The molecule has 2 heterocycles. The van der Waals surface area contributed by atoms with Crippen LogP contribution in [0.1, 0.15) is 16.2 Å². The molecule has 0 spiro atoms. The average Bonchev–Trinajstić information content (AvgIpc) is 2.97. The van der Waals surface area contributed by atoms with E-state index in [0.717, 1.165) is 15.9 Å². The Bertz CT molecular complexity index is 1060. The van der Waals surface area contributed by atoms with Crippen molar-refractivity contribution in [1.29, 1.82) is 0 Å². The van der Waals surface area contributed by atoms with Gasteiger partial charge in [0, 0.05) is 5.38 Å². The number of aromatic carboxylic acids is 1. The van der Waals surface area contributed by atoms with Gasteiger partial charge in [0.25, 0.3) is 5.56 Å². The van der Waals surface area contributed by atoms with Crippen molar-refractivity contribution in [2.75, 3.05) is 5.32 Å². The van der Waals surface area contributed by atoms with Gasteiger partial charge in [0.2, 0.25) is 5.91 Å². The van der Waals surface area contributed by atoms with E-state index < -0.39 is 29.8 Å². The summed E-state index contributed by atoms with van der Waals surface area (Å²) in [6.07, 6.45) is 0. The number of carbonyl (C=O) groups excluding carboxylic acids is 1. The Balaban J connectivity index is 1.97. The number of nitrogens with one attached hydrogen (secondary N) is 1. The molecule has 3 rings (SSSR count). The van der Waals surface area contributed by atoms with Gasteiger partial charge < -0.3 is 10.4 Å². The summed E-state index contributed by atoms with van der Waals surface area (Å²) in [6, 6.07) is 5.65. The number of halogens is 1. The Morgan fingerprint density at radius 2 is 2.08 bits per heavy atom. The summed E-state index contributed by atoms with van der Waals surface area (Å²) >= 11 is 1.05. The number of carboxylic acids is 1.